The maximum absolute atomic E-state index is 12.0. The Morgan fingerprint density at radius 2 is 1.48 bits per heavy atom. The van der Waals surface area contributed by atoms with E-state index in [1.807, 2.05) is 54.6 Å². The monoisotopic (exact) mass is 390 g/mol. The third-order valence-corrected chi connectivity index (χ3v) is 4.12. The zero-order valence-electron chi connectivity index (χ0n) is 15.8. The van der Waals surface area contributed by atoms with Crippen molar-refractivity contribution in [2.24, 2.45) is 5.73 Å². The highest BCUT2D eigenvalue weighted by Crippen LogP contribution is 2.15. The molecule has 6 nitrogen and oxygen atoms in total. The maximum atomic E-state index is 12.0. The molecule has 0 unspecified atom stereocenters. The van der Waals surface area contributed by atoms with Crippen molar-refractivity contribution in [1.29, 1.82) is 0 Å². The standard InChI is InChI=1S/C23H22N2O4/c24-23(27)19-9-5-11-21(13-19)29-16-22(26)25-14-18-8-4-10-20(12-18)28-15-17-6-2-1-3-7-17/h1-13H,14-16H2,(H2,24,27)(H,25,26). The molecule has 148 valence electrons. The molecule has 0 aliphatic heterocycles. The number of benzene rings is 3. The van der Waals surface area contributed by atoms with Gasteiger partial charge in [-0.3, -0.25) is 9.59 Å². The molecule has 2 amide bonds. The van der Waals surface area contributed by atoms with Crippen LogP contribution in [-0.4, -0.2) is 18.4 Å². The highest BCUT2D eigenvalue weighted by Gasteiger charge is 2.06. The Kier molecular flexibility index (Phi) is 6.84. The van der Waals surface area contributed by atoms with Crippen molar-refractivity contribution in [2.75, 3.05) is 6.61 Å². The van der Waals surface area contributed by atoms with Crippen LogP contribution in [0.3, 0.4) is 0 Å². The molecule has 3 aromatic rings. The number of nitrogens with one attached hydrogen (secondary N) is 1. The summed E-state index contributed by atoms with van der Waals surface area (Å²) in [5, 5.41) is 2.80. The summed E-state index contributed by atoms with van der Waals surface area (Å²) in [6, 6.07) is 23.9. The molecule has 0 saturated heterocycles. The van der Waals surface area contributed by atoms with Gasteiger partial charge in [-0.25, -0.2) is 0 Å². The van der Waals surface area contributed by atoms with E-state index >= 15 is 0 Å². The van der Waals surface area contributed by atoms with Gasteiger partial charge in [-0.05, 0) is 41.5 Å². The summed E-state index contributed by atoms with van der Waals surface area (Å²) in [5.74, 6) is 0.326. The fraction of sp³-hybridized carbons (Fsp3) is 0.130. The first-order valence-electron chi connectivity index (χ1n) is 9.15. The lowest BCUT2D eigenvalue weighted by Gasteiger charge is -2.10. The highest BCUT2D eigenvalue weighted by molar-refractivity contribution is 5.93. The molecule has 0 aromatic heterocycles. The van der Waals surface area contributed by atoms with Crippen LogP contribution in [0.15, 0.2) is 78.9 Å². The van der Waals surface area contributed by atoms with Crippen LogP contribution in [-0.2, 0) is 17.9 Å². The molecule has 0 heterocycles. The summed E-state index contributed by atoms with van der Waals surface area (Å²) in [5.41, 5.74) is 7.57. The maximum Gasteiger partial charge on any atom is 0.258 e. The van der Waals surface area contributed by atoms with Gasteiger partial charge < -0.3 is 20.5 Å². The van der Waals surface area contributed by atoms with Gasteiger partial charge in [0.25, 0.3) is 5.91 Å². The van der Waals surface area contributed by atoms with E-state index in [1.165, 1.54) is 6.07 Å². The van der Waals surface area contributed by atoms with Crippen LogP contribution in [0.4, 0.5) is 0 Å². The van der Waals surface area contributed by atoms with E-state index in [0.29, 0.717) is 24.5 Å². The van der Waals surface area contributed by atoms with E-state index in [9.17, 15) is 9.59 Å². The zero-order chi connectivity index (χ0) is 20.5. The smallest absolute Gasteiger partial charge is 0.258 e. The minimum atomic E-state index is -0.547. The van der Waals surface area contributed by atoms with Crippen LogP contribution in [0.25, 0.3) is 0 Å². The molecule has 0 radical (unpaired) electrons. The predicted octanol–water partition coefficient (Wildman–Crippen LogP) is 3.06. The van der Waals surface area contributed by atoms with E-state index in [4.69, 9.17) is 15.2 Å². The number of hydrogen-bond acceptors (Lipinski definition) is 4. The Labute approximate surface area is 169 Å². The van der Waals surface area contributed by atoms with Gasteiger partial charge in [-0.2, -0.15) is 0 Å². The number of amides is 2. The molecule has 0 spiro atoms. The summed E-state index contributed by atoms with van der Waals surface area (Å²) in [6.07, 6.45) is 0. The number of ether oxygens (including phenoxy) is 2. The number of primary amides is 1. The van der Waals surface area contributed by atoms with Gasteiger partial charge in [0.2, 0.25) is 5.91 Å². The van der Waals surface area contributed by atoms with Gasteiger partial charge in [-0.1, -0.05) is 48.5 Å². The summed E-state index contributed by atoms with van der Waals surface area (Å²) >= 11 is 0. The van der Waals surface area contributed by atoms with Crippen molar-refractivity contribution in [3.8, 4) is 11.5 Å². The van der Waals surface area contributed by atoms with E-state index in [1.54, 1.807) is 18.2 Å². The molecule has 0 aliphatic carbocycles. The van der Waals surface area contributed by atoms with Crippen molar-refractivity contribution >= 4 is 11.8 Å². The molecule has 0 saturated carbocycles. The summed E-state index contributed by atoms with van der Waals surface area (Å²) in [7, 11) is 0. The van der Waals surface area contributed by atoms with Gasteiger partial charge in [0.15, 0.2) is 6.61 Å². The second-order valence-electron chi connectivity index (χ2n) is 6.38. The van der Waals surface area contributed by atoms with E-state index < -0.39 is 5.91 Å². The molecule has 29 heavy (non-hydrogen) atoms. The Morgan fingerprint density at radius 1 is 0.793 bits per heavy atom. The third kappa shape index (κ3) is 6.39. The Balaban J connectivity index is 1.46. The third-order valence-electron chi connectivity index (χ3n) is 4.12. The number of carbonyl (C=O) groups excluding carboxylic acids is 2. The molecule has 0 aliphatic rings. The summed E-state index contributed by atoms with van der Waals surface area (Å²) in [4.78, 5) is 23.2. The molecular formula is C23H22N2O4. The number of rotatable bonds is 9. The Bertz CT molecular complexity index is 973. The fourth-order valence-electron chi connectivity index (χ4n) is 2.63. The molecule has 0 bridgehead atoms. The topological polar surface area (TPSA) is 90.7 Å². The van der Waals surface area contributed by atoms with Crippen LogP contribution in [0, 0.1) is 0 Å². The van der Waals surface area contributed by atoms with Crippen molar-refractivity contribution in [3.63, 3.8) is 0 Å². The molecular weight excluding hydrogens is 368 g/mol. The average Bonchev–Trinajstić information content (AvgIpc) is 2.76. The minimum Gasteiger partial charge on any atom is -0.489 e. The van der Waals surface area contributed by atoms with Crippen molar-refractivity contribution in [2.45, 2.75) is 13.2 Å². The Morgan fingerprint density at radius 3 is 2.24 bits per heavy atom. The first-order chi connectivity index (χ1) is 14.1. The second-order valence-corrected chi connectivity index (χ2v) is 6.38. The van der Waals surface area contributed by atoms with Crippen LogP contribution < -0.4 is 20.5 Å². The lowest BCUT2D eigenvalue weighted by Crippen LogP contribution is -2.28. The van der Waals surface area contributed by atoms with Crippen molar-refractivity contribution in [1.82, 2.24) is 5.32 Å². The Hall–Kier alpha value is -3.80. The second kappa shape index (κ2) is 9.94. The molecule has 6 heteroatoms. The van der Waals surface area contributed by atoms with Gasteiger partial charge in [-0.15, -0.1) is 0 Å². The zero-order valence-corrected chi connectivity index (χ0v) is 15.8. The summed E-state index contributed by atoms with van der Waals surface area (Å²) < 4.78 is 11.2. The number of nitrogens with two attached hydrogens (primary N) is 1. The molecule has 3 rings (SSSR count). The molecule has 0 atom stereocenters. The van der Waals surface area contributed by atoms with Gasteiger partial charge in [0, 0.05) is 12.1 Å². The van der Waals surface area contributed by atoms with Crippen LogP contribution in [0.2, 0.25) is 0 Å². The lowest BCUT2D eigenvalue weighted by molar-refractivity contribution is -0.123. The van der Waals surface area contributed by atoms with Gasteiger partial charge in [0.05, 0.1) is 0 Å². The fourth-order valence-corrected chi connectivity index (χ4v) is 2.63. The SMILES string of the molecule is NC(=O)c1cccc(OCC(=O)NCc2cccc(OCc3ccccc3)c2)c1. The lowest BCUT2D eigenvalue weighted by atomic mass is 10.2. The number of carbonyl (C=O) groups is 2. The largest absolute Gasteiger partial charge is 0.489 e. The van der Waals surface area contributed by atoms with E-state index in [-0.39, 0.29) is 12.5 Å². The van der Waals surface area contributed by atoms with Crippen LogP contribution in [0.5, 0.6) is 11.5 Å². The number of hydrogen-bond donors (Lipinski definition) is 2. The van der Waals surface area contributed by atoms with E-state index in [2.05, 4.69) is 5.32 Å². The van der Waals surface area contributed by atoms with Crippen molar-refractivity contribution in [3.05, 3.63) is 95.6 Å². The van der Waals surface area contributed by atoms with E-state index in [0.717, 1.165) is 16.9 Å². The highest BCUT2D eigenvalue weighted by atomic mass is 16.5. The van der Waals surface area contributed by atoms with Crippen LogP contribution in [0.1, 0.15) is 21.5 Å². The minimum absolute atomic E-state index is 0.160. The quantitative estimate of drug-likeness (QED) is 0.588. The molecule has 3 N–H and O–H groups in total. The van der Waals surface area contributed by atoms with Gasteiger partial charge >= 0.3 is 0 Å². The first-order valence-corrected chi connectivity index (χ1v) is 9.15. The van der Waals surface area contributed by atoms with Crippen molar-refractivity contribution < 1.29 is 19.1 Å². The van der Waals surface area contributed by atoms with Crippen LogP contribution >= 0.6 is 0 Å². The predicted molar refractivity (Wildman–Crippen MR) is 110 cm³/mol. The first kappa shape index (κ1) is 19.9. The molecule has 3 aromatic carbocycles. The average molecular weight is 390 g/mol. The normalized spacial score (nSPS) is 10.2. The molecule has 0 fully saturated rings. The van der Waals surface area contributed by atoms with Gasteiger partial charge in [0.1, 0.15) is 18.1 Å². The summed E-state index contributed by atoms with van der Waals surface area (Å²) in [6.45, 7) is 0.674.